The highest BCUT2D eigenvalue weighted by Gasteiger charge is 2.40. The standard InChI is InChI=1S/C17H26N2O4/c1-11-8-13(19(10-11)16(21)23-17(2,3)4)15(20)12-9-18-7-6-14(12)22-5/h6-7,9,11,13,15,20H,8,10H2,1-5H3/t11-,13-,15?/m1/s1. The highest BCUT2D eigenvalue weighted by Crippen LogP contribution is 2.36. The molecule has 0 aliphatic carbocycles. The summed E-state index contributed by atoms with van der Waals surface area (Å²) in [4.78, 5) is 18.1. The summed E-state index contributed by atoms with van der Waals surface area (Å²) in [6.45, 7) is 8.13. The van der Waals surface area contributed by atoms with E-state index in [9.17, 15) is 9.90 Å². The van der Waals surface area contributed by atoms with Crippen molar-refractivity contribution in [3.05, 3.63) is 24.0 Å². The number of hydrogen-bond donors (Lipinski definition) is 1. The summed E-state index contributed by atoms with van der Waals surface area (Å²) in [5.74, 6) is 0.862. The Hall–Kier alpha value is -1.82. The summed E-state index contributed by atoms with van der Waals surface area (Å²) in [7, 11) is 1.55. The molecule has 6 heteroatoms. The van der Waals surface area contributed by atoms with Gasteiger partial charge in [0.25, 0.3) is 0 Å². The van der Waals surface area contributed by atoms with Crippen molar-refractivity contribution < 1.29 is 19.4 Å². The van der Waals surface area contributed by atoms with E-state index >= 15 is 0 Å². The molecular weight excluding hydrogens is 296 g/mol. The number of ether oxygens (including phenoxy) is 2. The topological polar surface area (TPSA) is 71.9 Å². The van der Waals surface area contributed by atoms with Crippen LogP contribution in [0.4, 0.5) is 4.79 Å². The first-order chi connectivity index (χ1) is 10.7. The number of rotatable bonds is 3. The van der Waals surface area contributed by atoms with Gasteiger partial charge >= 0.3 is 6.09 Å². The Morgan fingerprint density at radius 3 is 2.78 bits per heavy atom. The highest BCUT2D eigenvalue weighted by molar-refractivity contribution is 5.69. The van der Waals surface area contributed by atoms with Crippen LogP contribution in [0.2, 0.25) is 0 Å². The zero-order valence-electron chi connectivity index (χ0n) is 14.4. The normalized spacial score (nSPS) is 22.8. The summed E-state index contributed by atoms with van der Waals surface area (Å²) in [6.07, 6.45) is 2.64. The van der Waals surface area contributed by atoms with Gasteiger partial charge in [0.15, 0.2) is 0 Å². The molecule has 6 nitrogen and oxygen atoms in total. The minimum Gasteiger partial charge on any atom is -0.496 e. The Labute approximate surface area is 137 Å². The van der Waals surface area contributed by atoms with Crippen molar-refractivity contribution in [2.24, 2.45) is 5.92 Å². The minimum atomic E-state index is -0.865. The summed E-state index contributed by atoms with van der Waals surface area (Å²) in [5, 5.41) is 10.8. The van der Waals surface area contributed by atoms with Gasteiger partial charge in [-0.1, -0.05) is 6.92 Å². The van der Waals surface area contributed by atoms with Gasteiger partial charge in [0.1, 0.15) is 17.5 Å². The second kappa shape index (κ2) is 6.74. The van der Waals surface area contributed by atoms with Crippen LogP contribution in [0.5, 0.6) is 5.75 Å². The Morgan fingerprint density at radius 1 is 1.48 bits per heavy atom. The number of aliphatic hydroxyl groups is 1. The molecule has 128 valence electrons. The molecule has 2 heterocycles. The van der Waals surface area contributed by atoms with Crippen LogP contribution in [0.3, 0.4) is 0 Å². The maximum Gasteiger partial charge on any atom is 0.410 e. The first-order valence-electron chi connectivity index (χ1n) is 7.88. The zero-order valence-corrected chi connectivity index (χ0v) is 14.4. The lowest BCUT2D eigenvalue weighted by Crippen LogP contribution is -2.42. The van der Waals surface area contributed by atoms with Gasteiger partial charge in [-0.25, -0.2) is 4.79 Å². The van der Waals surface area contributed by atoms with E-state index in [0.29, 0.717) is 30.2 Å². The fraction of sp³-hybridized carbons (Fsp3) is 0.647. The van der Waals surface area contributed by atoms with Gasteiger partial charge in [0.2, 0.25) is 0 Å². The van der Waals surface area contributed by atoms with E-state index in [-0.39, 0.29) is 6.04 Å². The fourth-order valence-corrected chi connectivity index (χ4v) is 2.92. The third-order valence-electron chi connectivity index (χ3n) is 3.89. The number of nitrogens with zero attached hydrogens (tertiary/aromatic N) is 2. The molecule has 1 aromatic rings. The predicted octanol–water partition coefficient (Wildman–Crippen LogP) is 2.77. The maximum atomic E-state index is 12.5. The Bertz CT molecular complexity index is 556. The maximum absolute atomic E-state index is 12.5. The molecule has 2 rings (SSSR count). The number of amides is 1. The molecule has 0 radical (unpaired) electrons. The third kappa shape index (κ3) is 4.13. The molecule has 1 N–H and O–H groups in total. The van der Waals surface area contributed by atoms with Crippen molar-refractivity contribution in [2.75, 3.05) is 13.7 Å². The minimum absolute atomic E-state index is 0.296. The first-order valence-corrected chi connectivity index (χ1v) is 7.88. The van der Waals surface area contributed by atoms with Crippen molar-refractivity contribution in [1.82, 2.24) is 9.88 Å². The zero-order chi connectivity index (χ0) is 17.2. The van der Waals surface area contributed by atoms with Crippen molar-refractivity contribution in [3.8, 4) is 5.75 Å². The first kappa shape index (κ1) is 17.5. The number of carbonyl (C=O) groups excluding carboxylic acids is 1. The van der Waals surface area contributed by atoms with E-state index in [4.69, 9.17) is 9.47 Å². The number of pyridine rings is 1. The average Bonchev–Trinajstić information content (AvgIpc) is 2.87. The van der Waals surface area contributed by atoms with E-state index in [0.717, 1.165) is 0 Å². The number of likely N-dealkylation sites (tertiary alicyclic amines) is 1. The molecule has 0 saturated carbocycles. The summed E-state index contributed by atoms with van der Waals surface area (Å²) in [6, 6.07) is 1.35. The summed E-state index contributed by atoms with van der Waals surface area (Å²) >= 11 is 0. The number of carbonyl (C=O) groups is 1. The smallest absolute Gasteiger partial charge is 0.410 e. The van der Waals surface area contributed by atoms with Gasteiger partial charge in [-0.05, 0) is 39.2 Å². The van der Waals surface area contributed by atoms with Crippen molar-refractivity contribution in [3.63, 3.8) is 0 Å². The van der Waals surface area contributed by atoms with E-state index < -0.39 is 17.8 Å². The molecular formula is C17H26N2O4. The summed E-state index contributed by atoms with van der Waals surface area (Å²) < 4.78 is 10.8. The predicted molar refractivity (Wildman–Crippen MR) is 86.3 cm³/mol. The molecule has 1 fully saturated rings. The molecule has 1 saturated heterocycles. The Balaban J connectivity index is 2.23. The van der Waals surface area contributed by atoms with Crippen molar-refractivity contribution in [1.29, 1.82) is 0 Å². The molecule has 1 aromatic heterocycles. The summed E-state index contributed by atoms with van der Waals surface area (Å²) in [5.41, 5.74) is 0.0207. The van der Waals surface area contributed by atoms with Gasteiger partial charge in [-0.2, -0.15) is 0 Å². The van der Waals surface area contributed by atoms with Crippen LogP contribution < -0.4 is 4.74 Å². The van der Waals surface area contributed by atoms with Crippen LogP contribution in [0.1, 0.15) is 45.8 Å². The van der Waals surface area contributed by atoms with E-state index in [1.165, 1.54) is 0 Å². The van der Waals surface area contributed by atoms with Crippen LogP contribution in [0.25, 0.3) is 0 Å². The fourth-order valence-electron chi connectivity index (χ4n) is 2.92. The van der Waals surface area contributed by atoms with Crippen LogP contribution in [-0.2, 0) is 4.74 Å². The number of hydrogen-bond acceptors (Lipinski definition) is 5. The van der Waals surface area contributed by atoms with Gasteiger partial charge in [0.05, 0.1) is 13.2 Å². The molecule has 1 aliphatic heterocycles. The molecule has 1 aliphatic rings. The van der Waals surface area contributed by atoms with Crippen LogP contribution in [-0.4, -0.2) is 46.4 Å². The van der Waals surface area contributed by atoms with Crippen LogP contribution in [0.15, 0.2) is 18.5 Å². The van der Waals surface area contributed by atoms with Gasteiger partial charge < -0.3 is 19.5 Å². The molecule has 0 aromatic carbocycles. The second-order valence-corrected chi connectivity index (χ2v) is 7.10. The molecule has 0 spiro atoms. The molecule has 1 unspecified atom stereocenters. The largest absolute Gasteiger partial charge is 0.496 e. The SMILES string of the molecule is COc1ccncc1C(O)[C@H]1C[C@@H](C)CN1C(=O)OC(C)(C)C. The lowest BCUT2D eigenvalue weighted by atomic mass is 9.98. The molecule has 0 bridgehead atoms. The van der Waals surface area contributed by atoms with Gasteiger partial charge in [-0.15, -0.1) is 0 Å². The lowest BCUT2D eigenvalue weighted by molar-refractivity contribution is 0.00436. The third-order valence-corrected chi connectivity index (χ3v) is 3.89. The Kier molecular flexibility index (Phi) is 5.14. The average molecular weight is 322 g/mol. The monoisotopic (exact) mass is 322 g/mol. The van der Waals surface area contributed by atoms with Crippen LogP contribution >= 0.6 is 0 Å². The molecule has 1 amide bonds. The quantitative estimate of drug-likeness (QED) is 0.926. The number of methoxy groups -OCH3 is 1. The Morgan fingerprint density at radius 2 is 2.17 bits per heavy atom. The molecule has 3 atom stereocenters. The number of aromatic nitrogens is 1. The number of aliphatic hydroxyl groups excluding tert-OH is 1. The van der Waals surface area contributed by atoms with Crippen molar-refractivity contribution in [2.45, 2.75) is 51.9 Å². The van der Waals surface area contributed by atoms with E-state index in [1.807, 2.05) is 20.8 Å². The second-order valence-electron chi connectivity index (χ2n) is 7.10. The van der Waals surface area contributed by atoms with Gasteiger partial charge in [-0.3, -0.25) is 4.98 Å². The van der Waals surface area contributed by atoms with Crippen molar-refractivity contribution >= 4 is 6.09 Å². The molecule has 23 heavy (non-hydrogen) atoms. The van der Waals surface area contributed by atoms with E-state index in [2.05, 4.69) is 11.9 Å². The van der Waals surface area contributed by atoms with Gasteiger partial charge in [0, 0.05) is 24.5 Å². The van der Waals surface area contributed by atoms with Crippen LogP contribution in [0, 0.1) is 5.92 Å². The lowest BCUT2D eigenvalue weighted by Gasteiger charge is -2.31. The highest BCUT2D eigenvalue weighted by atomic mass is 16.6. The van der Waals surface area contributed by atoms with E-state index in [1.54, 1.807) is 30.5 Å².